The van der Waals surface area contributed by atoms with E-state index in [2.05, 4.69) is 36.0 Å². The molecule has 1 aromatic rings. The van der Waals surface area contributed by atoms with Gasteiger partial charge in [-0.2, -0.15) is 11.8 Å². The van der Waals surface area contributed by atoms with E-state index in [9.17, 15) is 0 Å². The van der Waals surface area contributed by atoms with Gasteiger partial charge in [0.1, 0.15) is 0 Å². The lowest BCUT2D eigenvalue weighted by Crippen LogP contribution is -2.27. The molecule has 0 atom stereocenters. The summed E-state index contributed by atoms with van der Waals surface area (Å²) in [4.78, 5) is 0. The summed E-state index contributed by atoms with van der Waals surface area (Å²) in [6.45, 7) is 0. The van der Waals surface area contributed by atoms with Crippen LogP contribution in [0.25, 0.3) is 0 Å². The smallest absolute Gasteiger partial charge is 0.0203 e. The van der Waals surface area contributed by atoms with Crippen LogP contribution in [0.4, 0.5) is 0 Å². The largest absolute Gasteiger partial charge is 0.150 e. The molecule has 1 heterocycles. The number of hydrogen-bond donors (Lipinski definition) is 0. The molecule has 1 spiro atoms. The Bertz CT molecular complexity index is 337. The molecule has 74 valence electrons. The molecule has 0 unspecified atom stereocenters. The Morgan fingerprint density at radius 2 is 1.71 bits per heavy atom. The third-order valence-corrected chi connectivity index (χ3v) is 5.30. The van der Waals surface area contributed by atoms with Crippen LogP contribution in [0, 0.1) is 0 Å². The number of thioether (sulfide) groups is 1. The minimum Gasteiger partial charge on any atom is -0.150 e. The highest BCUT2D eigenvalue weighted by molar-refractivity contribution is 8.00. The first-order valence-corrected chi connectivity index (χ1v) is 6.57. The average Bonchev–Trinajstić information content (AvgIpc) is 2.66. The van der Waals surface area contributed by atoms with Gasteiger partial charge < -0.3 is 0 Å². The van der Waals surface area contributed by atoms with Gasteiger partial charge in [0.2, 0.25) is 0 Å². The van der Waals surface area contributed by atoms with E-state index in [1.165, 1.54) is 37.9 Å². The molecule has 0 bridgehead atoms. The fraction of sp³-hybridized carbons (Fsp3) is 0.538. The van der Waals surface area contributed by atoms with Gasteiger partial charge in [0.15, 0.2) is 0 Å². The van der Waals surface area contributed by atoms with Crippen LogP contribution in [0.3, 0.4) is 0 Å². The predicted octanol–water partition coefficient (Wildman–Crippen LogP) is 3.79. The summed E-state index contributed by atoms with van der Waals surface area (Å²) in [6, 6.07) is 8.99. The molecule has 0 aromatic heterocycles. The standard InChI is InChI=1S/C13H16S/c1-2-6-12-10-14-13(7-3-4-8-13)9-11(12)5-1/h1-2,5-6H,3-4,7-10H2. The molecule has 1 heteroatoms. The van der Waals surface area contributed by atoms with Crippen molar-refractivity contribution >= 4 is 11.8 Å². The van der Waals surface area contributed by atoms with Crippen LogP contribution in [0.1, 0.15) is 36.8 Å². The second-order valence-electron chi connectivity index (χ2n) is 4.62. The van der Waals surface area contributed by atoms with Crippen molar-refractivity contribution in [3.05, 3.63) is 35.4 Å². The monoisotopic (exact) mass is 204 g/mol. The lowest BCUT2D eigenvalue weighted by Gasteiger charge is -2.34. The van der Waals surface area contributed by atoms with E-state index in [1.807, 2.05) is 0 Å². The predicted molar refractivity (Wildman–Crippen MR) is 62.6 cm³/mol. The Hall–Kier alpha value is -0.430. The molecule has 1 fully saturated rings. The van der Waals surface area contributed by atoms with Crippen LogP contribution in [-0.2, 0) is 12.2 Å². The first kappa shape index (κ1) is 8.84. The van der Waals surface area contributed by atoms with Gasteiger partial charge in [0.05, 0.1) is 0 Å². The lowest BCUT2D eigenvalue weighted by molar-refractivity contribution is 0.594. The van der Waals surface area contributed by atoms with Gasteiger partial charge in [0.25, 0.3) is 0 Å². The van der Waals surface area contributed by atoms with E-state index in [1.54, 1.807) is 11.1 Å². The molecule has 0 amide bonds. The maximum absolute atomic E-state index is 2.33. The zero-order chi connectivity index (χ0) is 9.43. The molecule has 1 saturated carbocycles. The summed E-state index contributed by atoms with van der Waals surface area (Å²) < 4.78 is 0.633. The zero-order valence-electron chi connectivity index (χ0n) is 8.46. The summed E-state index contributed by atoms with van der Waals surface area (Å²) >= 11 is 2.22. The van der Waals surface area contributed by atoms with E-state index in [0.29, 0.717) is 4.75 Å². The highest BCUT2D eigenvalue weighted by Crippen LogP contribution is 2.48. The summed E-state index contributed by atoms with van der Waals surface area (Å²) in [6.07, 6.45) is 7.14. The fourth-order valence-corrected chi connectivity index (χ4v) is 4.42. The second kappa shape index (κ2) is 3.30. The molecule has 3 rings (SSSR count). The van der Waals surface area contributed by atoms with Crippen LogP contribution in [0.5, 0.6) is 0 Å². The molecule has 0 saturated heterocycles. The normalized spacial score (nSPS) is 23.7. The van der Waals surface area contributed by atoms with Crippen molar-refractivity contribution in [1.82, 2.24) is 0 Å². The van der Waals surface area contributed by atoms with Crippen molar-refractivity contribution in [2.75, 3.05) is 0 Å². The molecule has 0 radical (unpaired) electrons. The van der Waals surface area contributed by atoms with Gasteiger partial charge >= 0.3 is 0 Å². The first-order chi connectivity index (χ1) is 6.88. The molecular weight excluding hydrogens is 188 g/mol. The van der Waals surface area contributed by atoms with Crippen LogP contribution in [0.15, 0.2) is 24.3 Å². The van der Waals surface area contributed by atoms with E-state index < -0.39 is 0 Å². The average molecular weight is 204 g/mol. The van der Waals surface area contributed by atoms with Gasteiger partial charge in [-0.15, -0.1) is 0 Å². The molecule has 1 aromatic carbocycles. The lowest BCUT2D eigenvalue weighted by atomic mass is 9.93. The number of benzene rings is 1. The molecular formula is C13H16S. The highest BCUT2D eigenvalue weighted by atomic mass is 32.2. The quantitative estimate of drug-likeness (QED) is 0.619. The van der Waals surface area contributed by atoms with Crippen molar-refractivity contribution < 1.29 is 0 Å². The van der Waals surface area contributed by atoms with Crippen molar-refractivity contribution in [2.45, 2.75) is 42.6 Å². The summed E-state index contributed by atoms with van der Waals surface area (Å²) in [5.41, 5.74) is 3.20. The fourth-order valence-electron chi connectivity index (χ4n) is 2.84. The number of fused-ring (bicyclic) bond motifs is 1. The third kappa shape index (κ3) is 1.38. The minimum absolute atomic E-state index is 0.633. The van der Waals surface area contributed by atoms with Crippen molar-refractivity contribution in [3.8, 4) is 0 Å². The molecule has 14 heavy (non-hydrogen) atoms. The Morgan fingerprint density at radius 1 is 1.00 bits per heavy atom. The first-order valence-electron chi connectivity index (χ1n) is 5.59. The van der Waals surface area contributed by atoms with Gasteiger partial charge in [-0.3, -0.25) is 0 Å². The molecule has 0 nitrogen and oxygen atoms in total. The van der Waals surface area contributed by atoms with Gasteiger partial charge in [-0.25, -0.2) is 0 Å². The number of rotatable bonds is 0. The second-order valence-corrected chi connectivity index (χ2v) is 6.07. The van der Waals surface area contributed by atoms with Crippen molar-refractivity contribution in [3.63, 3.8) is 0 Å². The summed E-state index contributed by atoms with van der Waals surface area (Å²) in [7, 11) is 0. The van der Waals surface area contributed by atoms with E-state index >= 15 is 0 Å². The minimum atomic E-state index is 0.633. The van der Waals surface area contributed by atoms with Crippen LogP contribution in [0.2, 0.25) is 0 Å². The van der Waals surface area contributed by atoms with Crippen LogP contribution >= 0.6 is 11.8 Å². The molecule has 0 N–H and O–H groups in total. The maximum Gasteiger partial charge on any atom is 0.0203 e. The van der Waals surface area contributed by atoms with Crippen molar-refractivity contribution in [2.24, 2.45) is 0 Å². The Kier molecular flexibility index (Phi) is 2.09. The summed E-state index contributed by atoms with van der Waals surface area (Å²) in [5.74, 6) is 1.25. The Morgan fingerprint density at radius 3 is 2.50 bits per heavy atom. The van der Waals surface area contributed by atoms with Crippen LogP contribution in [-0.4, -0.2) is 4.75 Å². The van der Waals surface area contributed by atoms with Gasteiger partial charge in [0, 0.05) is 10.5 Å². The molecule has 1 aliphatic carbocycles. The SMILES string of the molecule is c1ccc2c(c1)CSC1(CCCC1)C2. The highest BCUT2D eigenvalue weighted by Gasteiger charge is 2.37. The topological polar surface area (TPSA) is 0 Å². The maximum atomic E-state index is 2.33. The Balaban J connectivity index is 1.92. The van der Waals surface area contributed by atoms with E-state index in [-0.39, 0.29) is 0 Å². The van der Waals surface area contributed by atoms with E-state index in [0.717, 1.165) is 0 Å². The van der Waals surface area contributed by atoms with Crippen LogP contribution < -0.4 is 0 Å². The van der Waals surface area contributed by atoms with Gasteiger partial charge in [-0.1, -0.05) is 37.1 Å². The number of hydrogen-bond acceptors (Lipinski definition) is 1. The molecule has 2 aliphatic rings. The Labute approximate surface area is 90.1 Å². The third-order valence-electron chi connectivity index (χ3n) is 3.68. The summed E-state index contributed by atoms with van der Waals surface area (Å²) in [5, 5.41) is 0. The van der Waals surface area contributed by atoms with E-state index in [4.69, 9.17) is 0 Å². The van der Waals surface area contributed by atoms with Crippen molar-refractivity contribution in [1.29, 1.82) is 0 Å². The molecule has 1 aliphatic heterocycles. The zero-order valence-corrected chi connectivity index (χ0v) is 9.28. The van der Waals surface area contributed by atoms with Gasteiger partial charge in [-0.05, 0) is 30.4 Å².